The van der Waals surface area contributed by atoms with E-state index in [-0.39, 0.29) is 5.91 Å². The van der Waals surface area contributed by atoms with E-state index in [1.54, 1.807) is 7.11 Å². The number of methoxy groups -OCH3 is 1. The molecule has 0 radical (unpaired) electrons. The van der Waals surface area contributed by atoms with Gasteiger partial charge in [-0.05, 0) is 42.7 Å². The van der Waals surface area contributed by atoms with E-state index in [1.807, 2.05) is 73.7 Å². The molecule has 1 N–H and O–H groups in total. The van der Waals surface area contributed by atoms with E-state index >= 15 is 0 Å². The number of nitrogens with one attached hydrogen (secondary N) is 1. The minimum Gasteiger partial charge on any atom is -0.495 e. The van der Waals surface area contributed by atoms with E-state index in [0.717, 1.165) is 17.0 Å². The molecule has 4 rings (SSSR count). The normalized spacial score (nSPS) is 11.7. The highest BCUT2D eigenvalue weighted by Crippen LogP contribution is 2.37. The van der Waals surface area contributed by atoms with Gasteiger partial charge in [-0.1, -0.05) is 78.5 Å². The molecule has 4 aromatic rings. The Morgan fingerprint density at radius 3 is 2.41 bits per heavy atom. The minimum atomic E-state index is -0.509. The van der Waals surface area contributed by atoms with Crippen LogP contribution in [-0.2, 0) is 17.8 Å². The Labute approximate surface area is 204 Å². The molecule has 0 saturated carbocycles. The van der Waals surface area contributed by atoms with Crippen LogP contribution in [0.2, 0.25) is 0 Å². The van der Waals surface area contributed by atoms with E-state index in [1.165, 1.54) is 17.3 Å². The van der Waals surface area contributed by atoms with Crippen LogP contribution in [0, 0.1) is 6.92 Å². The van der Waals surface area contributed by atoms with Gasteiger partial charge in [0.1, 0.15) is 16.8 Å². The van der Waals surface area contributed by atoms with Gasteiger partial charge in [-0.2, -0.15) is 0 Å². The van der Waals surface area contributed by atoms with Gasteiger partial charge in [-0.25, -0.2) is 0 Å². The number of nitrogens with zero attached hydrogens (tertiary/aromatic N) is 3. The van der Waals surface area contributed by atoms with Crippen LogP contribution >= 0.6 is 11.8 Å². The number of aryl methyl sites for hydroxylation is 1. The standard InChI is InChI=1S/C27H28N4O2S/c1-4-31-24(18-20-11-7-5-8-12-20)29-30-27(31)34-25(21-13-9-6-10-14-21)26(32)28-22-17-19(2)15-16-23(22)33-3/h5-17,25H,4,18H2,1-3H3,(H,28,32). The van der Waals surface area contributed by atoms with Crippen molar-refractivity contribution >= 4 is 23.4 Å². The second kappa shape index (κ2) is 11.0. The molecule has 1 aromatic heterocycles. The highest BCUT2D eigenvalue weighted by atomic mass is 32.2. The zero-order valence-corrected chi connectivity index (χ0v) is 20.4. The maximum absolute atomic E-state index is 13.5. The summed E-state index contributed by atoms with van der Waals surface area (Å²) >= 11 is 1.41. The van der Waals surface area contributed by atoms with Crippen LogP contribution in [0.5, 0.6) is 5.75 Å². The number of hydrogen-bond donors (Lipinski definition) is 1. The topological polar surface area (TPSA) is 69.0 Å². The number of aromatic nitrogens is 3. The van der Waals surface area contributed by atoms with Gasteiger partial charge in [-0.15, -0.1) is 10.2 Å². The first-order valence-electron chi connectivity index (χ1n) is 11.2. The second-order valence-electron chi connectivity index (χ2n) is 7.91. The number of rotatable bonds is 9. The van der Waals surface area contributed by atoms with Crippen molar-refractivity contribution in [2.24, 2.45) is 0 Å². The minimum absolute atomic E-state index is 0.143. The molecule has 1 amide bonds. The Morgan fingerprint density at radius 1 is 1.03 bits per heavy atom. The fourth-order valence-electron chi connectivity index (χ4n) is 3.76. The third-order valence-corrected chi connectivity index (χ3v) is 6.73. The Hall–Kier alpha value is -3.58. The average Bonchev–Trinajstić information content (AvgIpc) is 3.24. The Morgan fingerprint density at radius 2 is 1.74 bits per heavy atom. The summed E-state index contributed by atoms with van der Waals surface area (Å²) in [5.41, 5.74) is 3.75. The fourth-order valence-corrected chi connectivity index (χ4v) is 4.88. The van der Waals surface area contributed by atoms with Crippen molar-refractivity contribution in [2.45, 2.75) is 37.2 Å². The maximum Gasteiger partial charge on any atom is 0.242 e. The Balaban J connectivity index is 1.63. The third kappa shape index (κ3) is 5.48. The van der Waals surface area contributed by atoms with E-state index in [0.29, 0.717) is 29.6 Å². The molecule has 0 aliphatic rings. The molecule has 7 heteroatoms. The van der Waals surface area contributed by atoms with Crippen molar-refractivity contribution in [1.82, 2.24) is 14.8 Å². The zero-order chi connectivity index (χ0) is 23.9. The lowest BCUT2D eigenvalue weighted by Crippen LogP contribution is -2.20. The molecule has 1 heterocycles. The highest BCUT2D eigenvalue weighted by Gasteiger charge is 2.26. The summed E-state index contributed by atoms with van der Waals surface area (Å²) in [4.78, 5) is 13.5. The summed E-state index contributed by atoms with van der Waals surface area (Å²) in [6, 6.07) is 25.7. The first-order chi connectivity index (χ1) is 16.6. The van der Waals surface area contributed by atoms with Crippen LogP contribution in [0.25, 0.3) is 0 Å². The predicted octanol–water partition coefficient (Wildman–Crippen LogP) is 5.68. The number of benzene rings is 3. The molecular weight excluding hydrogens is 444 g/mol. The van der Waals surface area contributed by atoms with E-state index in [4.69, 9.17) is 4.74 Å². The number of carbonyl (C=O) groups excluding carboxylic acids is 1. The monoisotopic (exact) mass is 472 g/mol. The number of amides is 1. The summed E-state index contributed by atoms with van der Waals surface area (Å²) in [6.45, 7) is 4.76. The molecule has 3 aromatic carbocycles. The molecule has 0 saturated heterocycles. The lowest BCUT2D eigenvalue weighted by atomic mass is 10.1. The fraction of sp³-hybridized carbons (Fsp3) is 0.222. The summed E-state index contributed by atoms with van der Waals surface area (Å²) in [7, 11) is 1.60. The molecule has 1 unspecified atom stereocenters. The highest BCUT2D eigenvalue weighted by molar-refractivity contribution is 8.00. The van der Waals surface area contributed by atoms with Crippen LogP contribution in [0.3, 0.4) is 0 Å². The first-order valence-corrected chi connectivity index (χ1v) is 12.1. The first kappa shape index (κ1) is 23.6. The van der Waals surface area contributed by atoms with Gasteiger partial charge in [-0.3, -0.25) is 4.79 Å². The van der Waals surface area contributed by atoms with Crippen LogP contribution in [-0.4, -0.2) is 27.8 Å². The molecule has 0 aliphatic carbocycles. The van der Waals surface area contributed by atoms with Crippen molar-refractivity contribution in [3.8, 4) is 5.75 Å². The van der Waals surface area contributed by atoms with Crippen molar-refractivity contribution in [1.29, 1.82) is 0 Å². The molecule has 0 aliphatic heterocycles. The smallest absolute Gasteiger partial charge is 0.242 e. The molecule has 1 atom stereocenters. The summed E-state index contributed by atoms with van der Waals surface area (Å²) in [6.07, 6.45) is 0.685. The van der Waals surface area contributed by atoms with Crippen LogP contribution in [0.15, 0.2) is 84.0 Å². The number of ether oxygens (including phenoxy) is 1. The quantitative estimate of drug-likeness (QED) is 0.318. The molecule has 0 fully saturated rings. The van der Waals surface area contributed by atoms with Gasteiger partial charge in [0.05, 0.1) is 12.8 Å². The number of hydrogen-bond acceptors (Lipinski definition) is 5. The van der Waals surface area contributed by atoms with Gasteiger partial charge in [0.25, 0.3) is 0 Å². The predicted molar refractivity (Wildman–Crippen MR) is 136 cm³/mol. The lowest BCUT2D eigenvalue weighted by Gasteiger charge is -2.18. The van der Waals surface area contributed by atoms with Gasteiger partial charge < -0.3 is 14.6 Å². The molecule has 6 nitrogen and oxygen atoms in total. The van der Waals surface area contributed by atoms with Crippen molar-refractivity contribution in [3.05, 3.63) is 101 Å². The maximum atomic E-state index is 13.5. The SMILES string of the molecule is CCn1c(Cc2ccccc2)nnc1SC(C(=O)Nc1cc(C)ccc1OC)c1ccccc1. The summed E-state index contributed by atoms with van der Waals surface area (Å²) < 4.78 is 7.53. The zero-order valence-electron chi connectivity index (χ0n) is 19.6. The largest absolute Gasteiger partial charge is 0.495 e. The number of carbonyl (C=O) groups is 1. The number of thioether (sulfide) groups is 1. The molecule has 0 spiro atoms. The molecule has 174 valence electrons. The van der Waals surface area contributed by atoms with Gasteiger partial charge in [0.2, 0.25) is 5.91 Å². The summed E-state index contributed by atoms with van der Waals surface area (Å²) in [5.74, 6) is 1.36. The van der Waals surface area contributed by atoms with Crippen LogP contribution in [0.1, 0.15) is 34.7 Å². The lowest BCUT2D eigenvalue weighted by molar-refractivity contribution is -0.115. The molecule has 0 bridgehead atoms. The van der Waals surface area contributed by atoms with E-state index < -0.39 is 5.25 Å². The second-order valence-corrected chi connectivity index (χ2v) is 8.98. The van der Waals surface area contributed by atoms with Gasteiger partial charge >= 0.3 is 0 Å². The van der Waals surface area contributed by atoms with Crippen molar-refractivity contribution in [2.75, 3.05) is 12.4 Å². The van der Waals surface area contributed by atoms with Gasteiger partial charge in [0, 0.05) is 13.0 Å². The van der Waals surface area contributed by atoms with E-state index in [2.05, 4.69) is 39.1 Å². The molecular formula is C27H28N4O2S. The van der Waals surface area contributed by atoms with Crippen LogP contribution < -0.4 is 10.1 Å². The average molecular weight is 473 g/mol. The molecule has 34 heavy (non-hydrogen) atoms. The number of anilines is 1. The van der Waals surface area contributed by atoms with E-state index in [9.17, 15) is 4.79 Å². The summed E-state index contributed by atoms with van der Waals surface area (Å²) in [5, 5.41) is 12.2. The Bertz CT molecular complexity index is 1240. The third-order valence-electron chi connectivity index (χ3n) is 5.49. The Kier molecular flexibility index (Phi) is 7.65. The van der Waals surface area contributed by atoms with Crippen molar-refractivity contribution in [3.63, 3.8) is 0 Å². The van der Waals surface area contributed by atoms with Crippen LogP contribution in [0.4, 0.5) is 5.69 Å². The van der Waals surface area contributed by atoms with Crippen molar-refractivity contribution < 1.29 is 9.53 Å². The van der Waals surface area contributed by atoms with Gasteiger partial charge in [0.15, 0.2) is 5.16 Å².